The average molecular weight is 268 g/mol. The van der Waals surface area contributed by atoms with Crippen LogP contribution in [-0.2, 0) is 6.54 Å². The summed E-state index contributed by atoms with van der Waals surface area (Å²) in [6.45, 7) is 0.485. The van der Waals surface area contributed by atoms with Gasteiger partial charge in [-0.05, 0) is 29.8 Å². The van der Waals surface area contributed by atoms with Gasteiger partial charge in [-0.25, -0.2) is 4.39 Å². The number of phenols is 1. The van der Waals surface area contributed by atoms with Gasteiger partial charge < -0.3 is 10.4 Å². The minimum atomic E-state index is -0.605. The third-order valence-electron chi connectivity index (χ3n) is 3.18. The number of fused-ring (bicyclic) bond motifs is 1. The summed E-state index contributed by atoms with van der Waals surface area (Å²) >= 11 is 0. The van der Waals surface area contributed by atoms with Crippen molar-refractivity contribution in [3.05, 3.63) is 66.2 Å². The van der Waals surface area contributed by atoms with Crippen LogP contribution < -0.4 is 5.32 Å². The van der Waals surface area contributed by atoms with Gasteiger partial charge in [0.05, 0.1) is 0 Å². The van der Waals surface area contributed by atoms with Crippen LogP contribution >= 0.6 is 0 Å². The Morgan fingerprint density at radius 1 is 1.15 bits per heavy atom. The van der Waals surface area contributed by atoms with Crippen LogP contribution in [0.15, 0.2) is 54.9 Å². The van der Waals surface area contributed by atoms with Gasteiger partial charge in [-0.15, -0.1) is 0 Å². The van der Waals surface area contributed by atoms with Gasteiger partial charge in [0, 0.05) is 35.4 Å². The second-order valence-electron chi connectivity index (χ2n) is 4.54. The van der Waals surface area contributed by atoms with Gasteiger partial charge in [0.2, 0.25) is 0 Å². The van der Waals surface area contributed by atoms with E-state index in [0.717, 1.165) is 22.0 Å². The Morgan fingerprint density at radius 2 is 2.05 bits per heavy atom. The summed E-state index contributed by atoms with van der Waals surface area (Å²) in [7, 11) is 0. The molecule has 0 fully saturated rings. The number of nitrogens with zero attached hydrogens (tertiary/aromatic N) is 1. The van der Waals surface area contributed by atoms with Gasteiger partial charge >= 0.3 is 0 Å². The van der Waals surface area contributed by atoms with Crippen molar-refractivity contribution in [2.75, 3.05) is 5.32 Å². The molecule has 0 aliphatic carbocycles. The number of aromatic nitrogens is 1. The molecule has 1 aromatic heterocycles. The smallest absolute Gasteiger partial charge is 0.165 e. The topological polar surface area (TPSA) is 45.1 Å². The van der Waals surface area contributed by atoms with Crippen LogP contribution in [0.3, 0.4) is 0 Å². The average Bonchev–Trinajstić information content (AvgIpc) is 2.48. The first-order chi connectivity index (χ1) is 9.74. The van der Waals surface area contributed by atoms with Crippen molar-refractivity contribution in [1.82, 2.24) is 4.98 Å². The molecule has 0 aliphatic heterocycles. The Bertz CT molecular complexity index is 753. The van der Waals surface area contributed by atoms with Crippen molar-refractivity contribution in [2.24, 2.45) is 0 Å². The van der Waals surface area contributed by atoms with Crippen LogP contribution in [0.1, 0.15) is 5.56 Å². The van der Waals surface area contributed by atoms with Crippen LogP contribution in [0.5, 0.6) is 5.75 Å². The fraction of sp³-hybridized carbons (Fsp3) is 0.0625. The molecule has 0 saturated heterocycles. The fourth-order valence-electron chi connectivity index (χ4n) is 2.13. The third-order valence-corrected chi connectivity index (χ3v) is 3.18. The van der Waals surface area contributed by atoms with Crippen LogP contribution in [0.4, 0.5) is 10.1 Å². The Labute approximate surface area is 115 Å². The van der Waals surface area contributed by atoms with Gasteiger partial charge in [-0.1, -0.05) is 18.2 Å². The second kappa shape index (κ2) is 5.17. The predicted molar refractivity (Wildman–Crippen MR) is 77.1 cm³/mol. The summed E-state index contributed by atoms with van der Waals surface area (Å²) in [5.74, 6) is -0.934. The first kappa shape index (κ1) is 12.4. The largest absolute Gasteiger partial charge is 0.505 e. The van der Waals surface area contributed by atoms with E-state index < -0.39 is 5.82 Å². The number of benzene rings is 2. The molecule has 4 heteroatoms. The lowest BCUT2D eigenvalue weighted by Crippen LogP contribution is -2.00. The first-order valence-electron chi connectivity index (χ1n) is 6.28. The number of aromatic hydroxyl groups is 1. The van der Waals surface area contributed by atoms with E-state index in [1.807, 2.05) is 24.3 Å². The number of anilines is 1. The molecule has 2 N–H and O–H groups in total. The SMILES string of the molecule is Oc1ccc(CNc2cccc3cnccc23)cc1F. The number of halogens is 1. The zero-order chi connectivity index (χ0) is 13.9. The van der Waals surface area contributed by atoms with Crippen molar-refractivity contribution >= 4 is 16.5 Å². The quantitative estimate of drug-likeness (QED) is 0.761. The number of hydrogen-bond donors (Lipinski definition) is 2. The lowest BCUT2D eigenvalue weighted by molar-refractivity contribution is 0.432. The molecular weight excluding hydrogens is 255 g/mol. The molecule has 3 rings (SSSR count). The molecular formula is C16H13FN2O. The lowest BCUT2D eigenvalue weighted by Gasteiger charge is -2.10. The van der Waals surface area contributed by atoms with E-state index in [4.69, 9.17) is 5.11 Å². The molecule has 100 valence electrons. The maximum Gasteiger partial charge on any atom is 0.165 e. The normalized spacial score (nSPS) is 10.7. The predicted octanol–water partition coefficient (Wildman–Crippen LogP) is 3.69. The monoisotopic (exact) mass is 268 g/mol. The van der Waals surface area contributed by atoms with Crippen LogP contribution in [0.25, 0.3) is 10.8 Å². The highest BCUT2D eigenvalue weighted by Gasteiger charge is 2.03. The van der Waals surface area contributed by atoms with Gasteiger partial charge in [0.15, 0.2) is 11.6 Å². The third kappa shape index (κ3) is 2.40. The van der Waals surface area contributed by atoms with E-state index in [9.17, 15) is 4.39 Å². The maximum absolute atomic E-state index is 13.3. The van der Waals surface area contributed by atoms with Crippen LogP contribution in [0, 0.1) is 5.82 Å². The molecule has 0 spiro atoms. The Kier molecular flexibility index (Phi) is 3.21. The second-order valence-corrected chi connectivity index (χ2v) is 4.54. The first-order valence-corrected chi connectivity index (χ1v) is 6.28. The zero-order valence-electron chi connectivity index (χ0n) is 10.7. The molecule has 0 atom stereocenters. The fourth-order valence-corrected chi connectivity index (χ4v) is 2.13. The van der Waals surface area contributed by atoms with Crippen molar-refractivity contribution in [1.29, 1.82) is 0 Å². The van der Waals surface area contributed by atoms with E-state index >= 15 is 0 Å². The van der Waals surface area contributed by atoms with Crippen LogP contribution in [-0.4, -0.2) is 10.1 Å². The van der Waals surface area contributed by atoms with Crippen molar-refractivity contribution in [2.45, 2.75) is 6.54 Å². The highest BCUT2D eigenvalue weighted by molar-refractivity contribution is 5.93. The summed E-state index contributed by atoms with van der Waals surface area (Å²) in [6.07, 6.45) is 3.55. The molecule has 3 nitrogen and oxygen atoms in total. The van der Waals surface area contributed by atoms with E-state index in [1.54, 1.807) is 18.5 Å². The number of phenolic OH excluding ortho intramolecular Hbond substituents is 1. The molecule has 0 unspecified atom stereocenters. The molecule has 20 heavy (non-hydrogen) atoms. The van der Waals surface area contributed by atoms with Crippen molar-refractivity contribution in [3.8, 4) is 5.75 Å². The van der Waals surface area contributed by atoms with E-state index in [-0.39, 0.29) is 5.75 Å². The van der Waals surface area contributed by atoms with E-state index in [2.05, 4.69) is 10.3 Å². The molecule has 1 heterocycles. The van der Waals surface area contributed by atoms with Gasteiger partial charge in [-0.2, -0.15) is 0 Å². The van der Waals surface area contributed by atoms with Crippen molar-refractivity contribution < 1.29 is 9.50 Å². The molecule has 0 aliphatic rings. The van der Waals surface area contributed by atoms with Gasteiger partial charge in [0.1, 0.15) is 0 Å². The Balaban J connectivity index is 1.85. The standard InChI is InChI=1S/C16H13FN2O/c17-14-8-11(4-5-16(14)20)9-19-15-3-1-2-12-10-18-7-6-13(12)15/h1-8,10,19-20H,9H2. The zero-order valence-corrected chi connectivity index (χ0v) is 10.7. The molecule has 2 aromatic carbocycles. The number of rotatable bonds is 3. The number of pyridine rings is 1. The maximum atomic E-state index is 13.3. The van der Waals surface area contributed by atoms with Crippen LogP contribution in [0.2, 0.25) is 0 Å². The molecule has 0 amide bonds. The number of nitrogens with one attached hydrogen (secondary N) is 1. The minimum absolute atomic E-state index is 0.329. The molecule has 0 saturated carbocycles. The summed E-state index contributed by atoms with van der Waals surface area (Å²) < 4.78 is 13.3. The highest BCUT2D eigenvalue weighted by atomic mass is 19.1. The van der Waals surface area contributed by atoms with E-state index in [1.165, 1.54) is 12.1 Å². The van der Waals surface area contributed by atoms with E-state index in [0.29, 0.717) is 6.54 Å². The summed E-state index contributed by atoms with van der Waals surface area (Å²) in [4.78, 5) is 4.09. The molecule has 3 aromatic rings. The van der Waals surface area contributed by atoms with Gasteiger partial charge in [0.25, 0.3) is 0 Å². The Morgan fingerprint density at radius 3 is 2.90 bits per heavy atom. The summed E-state index contributed by atoms with van der Waals surface area (Å²) in [6, 6.07) is 12.2. The van der Waals surface area contributed by atoms with Gasteiger partial charge in [-0.3, -0.25) is 4.98 Å². The molecule has 0 radical (unpaired) electrons. The molecule has 0 bridgehead atoms. The van der Waals surface area contributed by atoms with Crippen molar-refractivity contribution in [3.63, 3.8) is 0 Å². The number of hydrogen-bond acceptors (Lipinski definition) is 3. The lowest BCUT2D eigenvalue weighted by atomic mass is 10.1. The summed E-state index contributed by atoms with van der Waals surface area (Å²) in [5.41, 5.74) is 1.74. The summed E-state index contributed by atoms with van der Waals surface area (Å²) in [5, 5.41) is 14.6. The highest BCUT2D eigenvalue weighted by Crippen LogP contribution is 2.23. The minimum Gasteiger partial charge on any atom is -0.505 e. The Hall–Kier alpha value is -2.62.